The van der Waals surface area contributed by atoms with Crippen molar-refractivity contribution in [3.63, 3.8) is 0 Å². The predicted octanol–water partition coefficient (Wildman–Crippen LogP) is 2.99. The van der Waals surface area contributed by atoms with Crippen molar-refractivity contribution in [3.05, 3.63) is 58.9 Å². The van der Waals surface area contributed by atoms with Gasteiger partial charge in [-0.1, -0.05) is 23.7 Å². The Labute approximate surface area is 173 Å². The Kier molecular flexibility index (Phi) is 5.62. The number of nitrogens with zero attached hydrogens (tertiary/aromatic N) is 4. The molecule has 0 unspecified atom stereocenters. The van der Waals surface area contributed by atoms with Gasteiger partial charge in [0.2, 0.25) is 0 Å². The second-order valence-electron chi connectivity index (χ2n) is 7.23. The number of anilines is 1. The van der Waals surface area contributed by atoms with E-state index in [4.69, 9.17) is 11.6 Å². The van der Waals surface area contributed by atoms with Crippen LogP contribution in [-0.4, -0.2) is 64.0 Å². The highest BCUT2D eigenvalue weighted by Gasteiger charge is 2.18. The van der Waals surface area contributed by atoms with Gasteiger partial charge in [0.1, 0.15) is 5.75 Å². The Morgan fingerprint density at radius 3 is 2.52 bits per heavy atom. The summed E-state index contributed by atoms with van der Waals surface area (Å²) in [6, 6.07) is 12.3. The number of rotatable bonds is 4. The van der Waals surface area contributed by atoms with Gasteiger partial charge in [0.05, 0.1) is 11.0 Å². The van der Waals surface area contributed by atoms with Gasteiger partial charge in [-0.25, -0.2) is 9.97 Å². The van der Waals surface area contributed by atoms with Crippen LogP contribution in [0.15, 0.2) is 42.5 Å². The molecule has 2 heterocycles. The van der Waals surface area contributed by atoms with E-state index in [1.54, 1.807) is 30.3 Å². The molecule has 2 aromatic carbocycles. The number of carbonyl (C=O) groups excluding carboxylic acids is 1. The van der Waals surface area contributed by atoms with Crippen molar-refractivity contribution >= 4 is 34.2 Å². The first-order valence-electron chi connectivity index (χ1n) is 9.46. The van der Waals surface area contributed by atoms with Crippen LogP contribution in [0.4, 0.5) is 5.69 Å². The van der Waals surface area contributed by atoms with Crippen molar-refractivity contribution < 1.29 is 9.90 Å². The summed E-state index contributed by atoms with van der Waals surface area (Å²) in [6.45, 7) is 4.50. The number of fused-ring (bicyclic) bond motifs is 1. The quantitative estimate of drug-likeness (QED) is 0.642. The van der Waals surface area contributed by atoms with E-state index in [9.17, 15) is 9.90 Å². The summed E-state index contributed by atoms with van der Waals surface area (Å²) in [4.78, 5) is 25.9. The third-order valence-corrected chi connectivity index (χ3v) is 5.33. The Bertz CT molecular complexity index is 1050. The molecule has 1 fully saturated rings. The lowest BCUT2D eigenvalue weighted by Gasteiger charge is -2.32. The van der Waals surface area contributed by atoms with E-state index in [-0.39, 0.29) is 16.6 Å². The summed E-state index contributed by atoms with van der Waals surface area (Å²) >= 11 is 6.18. The third-order valence-electron chi connectivity index (χ3n) is 5.07. The van der Waals surface area contributed by atoms with Crippen LogP contribution in [0.25, 0.3) is 11.0 Å². The molecule has 1 aliphatic rings. The fraction of sp³-hybridized carbons (Fsp3) is 0.286. The number of halogens is 1. The molecule has 29 heavy (non-hydrogen) atoms. The molecule has 1 aromatic heterocycles. The largest absolute Gasteiger partial charge is 0.508 e. The van der Waals surface area contributed by atoms with E-state index >= 15 is 0 Å². The van der Waals surface area contributed by atoms with Crippen LogP contribution in [0.5, 0.6) is 5.75 Å². The maximum absolute atomic E-state index is 12.7. The Balaban J connectivity index is 1.52. The van der Waals surface area contributed by atoms with Gasteiger partial charge in [-0.15, -0.1) is 0 Å². The molecule has 0 aliphatic carbocycles. The van der Waals surface area contributed by atoms with Crippen molar-refractivity contribution in [1.29, 1.82) is 0 Å². The number of benzene rings is 2. The first-order chi connectivity index (χ1) is 14.0. The van der Waals surface area contributed by atoms with Gasteiger partial charge in [-0.2, -0.15) is 0 Å². The van der Waals surface area contributed by atoms with E-state index in [0.29, 0.717) is 23.3 Å². The van der Waals surface area contributed by atoms with Crippen LogP contribution in [0.2, 0.25) is 5.15 Å². The molecule has 1 amide bonds. The van der Waals surface area contributed by atoms with Crippen LogP contribution in [0.3, 0.4) is 0 Å². The number of phenolic OH excluding ortho intramolecular Hbond substituents is 1. The molecule has 1 saturated heterocycles. The van der Waals surface area contributed by atoms with Gasteiger partial charge < -0.3 is 15.3 Å². The van der Waals surface area contributed by atoms with Gasteiger partial charge in [0, 0.05) is 44.0 Å². The van der Waals surface area contributed by atoms with E-state index in [2.05, 4.69) is 32.1 Å². The smallest absolute Gasteiger partial charge is 0.277 e. The van der Waals surface area contributed by atoms with Crippen LogP contribution in [-0.2, 0) is 6.54 Å². The number of likely N-dealkylation sites (N-methyl/N-ethyl adjacent to an activating group) is 1. The number of hydrogen-bond donors (Lipinski definition) is 2. The number of phenols is 1. The topological polar surface area (TPSA) is 81.6 Å². The summed E-state index contributed by atoms with van der Waals surface area (Å²) in [5.41, 5.74) is 2.64. The summed E-state index contributed by atoms with van der Waals surface area (Å²) < 4.78 is 0. The van der Waals surface area contributed by atoms with Crippen molar-refractivity contribution in [2.45, 2.75) is 6.54 Å². The highest BCUT2D eigenvalue weighted by Crippen LogP contribution is 2.25. The van der Waals surface area contributed by atoms with Crippen molar-refractivity contribution in [1.82, 2.24) is 19.8 Å². The number of aromatic nitrogens is 2. The van der Waals surface area contributed by atoms with Crippen LogP contribution < -0.4 is 5.32 Å². The highest BCUT2D eigenvalue weighted by atomic mass is 35.5. The predicted molar refractivity (Wildman–Crippen MR) is 113 cm³/mol. The number of amides is 1. The molecule has 0 spiro atoms. The summed E-state index contributed by atoms with van der Waals surface area (Å²) in [5.74, 6) is -0.227. The third kappa shape index (κ3) is 4.48. The van der Waals surface area contributed by atoms with Crippen LogP contribution in [0, 0.1) is 0 Å². The Morgan fingerprint density at radius 1 is 1.10 bits per heavy atom. The molecule has 0 bridgehead atoms. The molecular formula is C21H22ClN5O2. The molecular weight excluding hydrogens is 390 g/mol. The lowest BCUT2D eigenvalue weighted by atomic mass is 10.1. The second kappa shape index (κ2) is 8.32. The molecule has 2 N–H and O–H groups in total. The van der Waals surface area contributed by atoms with Gasteiger partial charge >= 0.3 is 0 Å². The second-order valence-corrected chi connectivity index (χ2v) is 7.59. The van der Waals surface area contributed by atoms with Gasteiger partial charge in [0.15, 0.2) is 10.8 Å². The van der Waals surface area contributed by atoms with Crippen LogP contribution in [0.1, 0.15) is 16.1 Å². The van der Waals surface area contributed by atoms with E-state index in [1.165, 1.54) is 0 Å². The fourth-order valence-corrected chi connectivity index (χ4v) is 3.57. The summed E-state index contributed by atoms with van der Waals surface area (Å²) in [7, 11) is 2.10. The minimum absolute atomic E-state index is 0.0534. The van der Waals surface area contributed by atoms with E-state index in [1.807, 2.05) is 12.1 Å². The molecule has 0 radical (unpaired) electrons. The lowest BCUT2D eigenvalue weighted by molar-refractivity contribution is 0.102. The maximum Gasteiger partial charge on any atom is 0.277 e. The van der Waals surface area contributed by atoms with E-state index < -0.39 is 5.91 Å². The number of hydrogen-bond acceptors (Lipinski definition) is 6. The van der Waals surface area contributed by atoms with Gasteiger partial charge in [-0.05, 0) is 37.4 Å². The first-order valence-corrected chi connectivity index (χ1v) is 9.84. The van der Waals surface area contributed by atoms with Crippen LogP contribution >= 0.6 is 11.6 Å². The summed E-state index contributed by atoms with van der Waals surface area (Å²) in [6.07, 6.45) is 0. The van der Waals surface area contributed by atoms with E-state index in [0.717, 1.165) is 31.7 Å². The lowest BCUT2D eigenvalue weighted by Crippen LogP contribution is -2.43. The molecule has 3 aromatic rings. The number of aromatic hydroxyl groups is 1. The molecule has 0 saturated carbocycles. The molecule has 4 rings (SSSR count). The average Bonchev–Trinajstić information content (AvgIpc) is 2.71. The Hall–Kier alpha value is -2.74. The summed E-state index contributed by atoms with van der Waals surface area (Å²) in [5, 5.41) is 13.1. The van der Waals surface area contributed by atoms with Gasteiger partial charge in [-0.3, -0.25) is 9.69 Å². The maximum atomic E-state index is 12.7. The standard InChI is InChI=1S/C21H22ClN5O2/c1-26-8-10-27(11-9-26)13-14-12-15(6-7-18(14)28)23-21(29)19-20(22)25-17-5-3-2-4-16(17)24-19/h2-7,12,28H,8-11,13H2,1H3,(H,23,29). The minimum atomic E-state index is -0.440. The Morgan fingerprint density at radius 2 is 1.79 bits per heavy atom. The van der Waals surface area contributed by atoms with Gasteiger partial charge in [0.25, 0.3) is 5.91 Å². The minimum Gasteiger partial charge on any atom is -0.508 e. The molecule has 1 aliphatic heterocycles. The molecule has 150 valence electrons. The SMILES string of the molecule is CN1CCN(Cc2cc(NC(=O)c3nc4ccccc4nc3Cl)ccc2O)CC1. The zero-order chi connectivity index (χ0) is 20.4. The highest BCUT2D eigenvalue weighted by molar-refractivity contribution is 6.33. The number of piperazine rings is 1. The number of carbonyl (C=O) groups is 1. The molecule has 7 nitrogen and oxygen atoms in total. The zero-order valence-electron chi connectivity index (χ0n) is 16.1. The van der Waals surface area contributed by atoms with Crippen molar-refractivity contribution in [3.8, 4) is 5.75 Å². The van der Waals surface area contributed by atoms with Crippen molar-refractivity contribution in [2.24, 2.45) is 0 Å². The molecule has 8 heteroatoms. The number of para-hydroxylation sites is 2. The monoisotopic (exact) mass is 411 g/mol. The van der Waals surface area contributed by atoms with Crippen molar-refractivity contribution in [2.75, 3.05) is 38.5 Å². The molecule has 0 atom stereocenters. The average molecular weight is 412 g/mol. The number of nitrogens with one attached hydrogen (secondary N) is 1. The zero-order valence-corrected chi connectivity index (χ0v) is 16.9. The first kappa shape index (κ1) is 19.6. The fourth-order valence-electron chi connectivity index (χ4n) is 3.35. The normalized spacial score (nSPS) is 15.5.